The van der Waals surface area contributed by atoms with E-state index in [0.717, 1.165) is 22.8 Å². The van der Waals surface area contributed by atoms with Gasteiger partial charge in [-0.05, 0) is 67.5 Å². The Bertz CT molecular complexity index is 1560. The van der Waals surface area contributed by atoms with Gasteiger partial charge in [-0.1, -0.05) is 35.3 Å². The molecule has 196 valence electrons. The number of nitrogens with zero attached hydrogens (tertiary/aromatic N) is 3. The molecule has 0 saturated heterocycles. The first-order valence-electron chi connectivity index (χ1n) is 11.8. The van der Waals surface area contributed by atoms with Crippen LogP contribution in [0.2, 0.25) is 10.0 Å². The van der Waals surface area contributed by atoms with Crippen molar-refractivity contribution in [2.75, 3.05) is 7.05 Å². The van der Waals surface area contributed by atoms with E-state index in [9.17, 15) is 9.59 Å². The van der Waals surface area contributed by atoms with Gasteiger partial charge < -0.3 is 5.32 Å². The van der Waals surface area contributed by atoms with E-state index in [1.165, 1.54) is 31.4 Å². The Balaban J connectivity index is 1.73. The van der Waals surface area contributed by atoms with E-state index in [1.807, 2.05) is 6.07 Å². The van der Waals surface area contributed by atoms with Gasteiger partial charge in [-0.3, -0.25) is 24.1 Å². The number of hydrogen-bond donors (Lipinski definition) is 1. The van der Waals surface area contributed by atoms with Crippen LogP contribution in [0.3, 0.4) is 0 Å². The molecule has 38 heavy (non-hydrogen) atoms. The van der Waals surface area contributed by atoms with E-state index >= 15 is 8.78 Å². The van der Waals surface area contributed by atoms with E-state index in [1.54, 1.807) is 38.4 Å². The minimum Gasteiger partial charge on any atom is -0.355 e. The monoisotopic (exact) mass is 556 g/mol. The Morgan fingerprint density at radius 1 is 1.21 bits per heavy atom. The van der Waals surface area contributed by atoms with Crippen LogP contribution in [0.5, 0.6) is 0 Å². The Labute approximate surface area is 228 Å². The number of halogens is 4. The number of rotatable bonds is 7. The summed E-state index contributed by atoms with van der Waals surface area (Å²) in [6.45, 7) is 3.32. The maximum Gasteiger partial charge on any atom is 0.273 e. The summed E-state index contributed by atoms with van der Waals surface area (Å²) >= 11 is 12.5. The quantitative estimate of drug-likeness (QED) is 0.341. The van der Waals surface area contributed by atoms with Gasteiger partial charge in [0.05, 0.1) is 16.8 Å². The number of carbonyl (C=O) groups is 1. The second kappa shape index (κ2) is 11.4. The predicted octanol–water partition coefficient (Wildman–Crippen LogP) is 6.42. The molecule has 1 N–H and O–H groups in total. The minimum atomic E-state index is -0.987. The Hall–Kier alpha value is -3.62. The summed E-state index contributed by atoms with van der Waals surface area (Å²) in [6, 6.07) is 7.59. The fraction of sp³-hybridized carbons (Fsp3) is 0.214. The van der Waals surface area contributed by atoms with Crippen LogP contribution in [0.25, 0.3) is 6.20 Å². The van der Waals surface area contributed by atoms with Gasteiger partial charge in [0.25, 0.3) is 11.5 Å². The Morgan fingerprint density at radius 3 is 2.63 bits per heavy atom. The first-order chi connectivity index (χ1) is 18.2. The third-order valence-corrected chi connectivity index (χ3v) is 6.88. The zero-order valence-electron chi connectivity index (χ0n) is 20.8. The molecule has 4 rings (SSSR count). The predicted molar refractivity (Wildman–Crippen MR) is 146 cm³/mol. The van der Waals surface area contributed by atoms with Crippen LogP contribution in [0.1, 0.15) is 57.9 Å². The molecule has 1 saturated carbocycles. The molecular formula is C28H24Cl2F2N4O2. The first kappa shape index (κ1) is 27.4. The number of aromatic nitrogens is 2. The lowest BCUT2D eigenvalue weighted by Crippen LogP contribution is -2.22. The molecule has 2 unspecified atom stereocenters. The van der Waals surface area contributed by atoms with Crippen molar-refractivity contribution in [1.82, 2.24) is 14.9 Å². The summed E-state index contributed by atoms with van der Waals surface area (Å²) in [5.74, 6) is -2.46. The van der Waals surface area contributed by atoms with Crippen LogP contribution in [0, 0.1) is 12.7 Å². The topological polar surface area (TPSA) is 76.3 Å². The molecule has 0 spiro atoms. The Morgan fingerprint density at radius 2 is 1.95 bits per heavy atom. The SMILES string of the molecule is C/C=C/N=C(/C(F)=C/n1c(C)cc(C2CC2c2cncc(Cl)c2)c(Cl)c1=O)c1cccc(C(=O)NC)c1F. The number of aliphatic imine (C=N–C) groups is 1. The van der Waals surface area contributed by atoms with Crippen molar-refractivity contribution in [3.63, 3.8) is 0 Å². The van der Waals surface area contributed by atoms with Crippen molar-refractivity contribution in [3.8, 4) is 0 Å². The van der Waals surface area contributed by atoms with E-state index in [2.05, 4.69) is 15.3 Å². The van der Waals surface area contributed by atoms with Crippen molar-refractivity contribution in [2.45, 2.75) is 32.1 Å². The highest BCUT2D eigenvalue weighted by molar-refractivity contribution is 6.31. The molecule has 3 aromatic rings. The molecule has 0 aliphatic heterocycles. The van der Waals surface area contributed by atoms with Gasteiger partial charge in [-0.15, -0.1) is 0 Å². The van der Waals surface area contributed by atoms with Crippen LogP contribution in [-0.2, 0) is 0 Å². The lowest BCUT2D eigenvalue weighted by atomic mass is 10.0. The molecule has 2 heterocycles. The highest BCUT2D eigenvalue weighted by Crippen LogP contribution is 2.55. The third kappa shape index (κ3) is 5.47. The average Bonchev–Trinajstić information content (AvgIpc) is 3.70. The number of carbonyl (C=O) groups excluding carboxylic acids is 1. The molecule has 2 aromatic heterocycles. The summed E-state index contributed by atoms with van der Waals surface area (Å²) < 4.78 is 31.9. The molecule has 1 aliphatic rings. The van der Waals surface area contributed by atoms with Crippen molar-refractivity contribution in [1.29, 1.82) is 0 Å². The van der Waals surface area contributed by atoms with Gasteiger partial charge in [-0.2, -0.15) is 0 Å². The molecule has 1 aliphatic carbocycles. The van der Waals surface area contributed by atoms with Gasteiger partial charge in [-0.25, -0.2) is 8.78 Å². The van der Waals surface area contributed by atoms with Crippen molar-refractivity contribution >= 4 is 41.0 Å². The van der Waals surface area contributed by atoms with E-state index < -0.39 is 23.1 Å². The van der Waals surface area contributed by atoms with Crippen LogP contribution >= 0.6 is 23.2 Å². The third-order valence-electron chi connectivity index (χ3n) is 6.30. The van der Waals surface area contributed by atoms with Gasteiger partial charge in [0.15, 0.2) is 5.83 Å². The molecule has 1 amide bonds. The maximum absolute atomic E-state index is 15.6. The van der Waals surface area contributed by atoms with Gasteiger partial charge in [0.2, 0.25) is 0 Å². The lowest BCUT2D eigenvalue weighted by molar-refractivity contribution is 0.0959. The number of allylic oxidation sites excluding steroid dienone is 2. The average molecular weight is 557 g/mol. The van der Waals surface area contributed by atoms with Gasteiger partial charge in [0.1, 0.15) is 16.6 Å². The second-order valence-electron chi connectivity index (χ2n) is 8.80. The molecule has 1 aromatic carbocycles. The highest BCUT2D eigenvalue weighted by Gasteiger charge is 2.41. The zero-order chi connectivity index (χ0) is 27.6. The normalized spacial score (nSPS) is 17.7. The number of pyridine rings is 2. The van der Waals surface area contributed by atoms with Gasteiger partial charge in [0, 0.05) is 36.9 Å². The minimum absolute atomic E-state index is 0.00556. The molecule has 2 atom stereocenters. The smallest absolute Gasteiger partial charge is 0.273 e. The molecule has 0 bridgehead atoms. The van der Waals surface area contributed by atoms with Crippen LogP contribution in [-0.4, -0.2) is 28.2 Å². The number of nitrogens with one attached hydrogen (secondary N) is 1. The van der Waals surface area contributed by atoms with Crippen LogP contribution < -0.4 is 10.9 Å². The molecule has 10 heteroatoms. The number of amides is 1. The van der Waals surface area contributed by atoms with Gasteiger partial charge >= 0.3 is 0 Å². The van der Waals surface area contributed by atoms with Crippen molar-refractivity contribution in [2.24, 2.45) is 4.99 Å². The fourth-order valence-electron chi connectivity index (χ4n) is 4.32. The van der Waals surface area contributed by atoms with Crippen molar-refractivity contribution < 1.29 is 13.6 Å². The molecule has 0 radical (unpaired) electrons. The van der Waals surface area contributed by atoms with Crippen LogP contribution in [0.4, 0.5) is 8.78 Å². The van der Waals surface area contributed by atoms with Crippen molar-refractivity contribution in [3.05, 3.63) is 115 Å². The maximum atomic E-state index is 15.6. The Kier molecular flexibility index (Phi) is 8.23. The largest absolute Gasteiger partial charge is 0.355 e. The summed E-state index contributed by atoms with van der Waals surface area (Å²) in [5.41, 5.74) is 0.561. The summed E-state index contributed by atoms with van der Waals surface area (Å²) in [6.07, 6.45) is 7.82. The summed E-state index contributed by atoms with van der Waals surface area (Å²) in [4.78, 5) is 33.4. The number of benzene rings is 1. The second-order valence-corrected chi connectivity index (χ2v) is 9.61. The first-order valence-corrected chi connectivity index (χ1v) is 12.5. The lowest BCUT2D eigenvalue weighted by Gasteiger charge is -2.12. The van der Waals surface area contributed by atoms with Crippen LogP contribution in [0.15, 0.2) is 70.6 Å². The summed E-state index contributed by atoms with van der Waals surface area (Å²) in [5, 5.41) is 2.85. The molecule has 1 fully saturated rings. The zero-order valence-corrected chi connectivity index (χ0v) is 22.3. The summed E-state index contributed by atoms with van der Waals surface area (Å²) in [7, 11) is 1.36. The fourth-order valence-corrected chi connectivity index (χ4v) is 4.79. The van der Waals surface area contributed by atoms with E-state index in [4.69, 9.17) is 23.2 Å². The molecular weight excluding hydrogens is 533 g/mol. The number of hydrogen-bond acceptors (Lipinski definition) is 4. The van der Waals surface area contributed by atoms with E-state index in [-0.39, 0.29) is 33.7 Å². The molecule has 6 nitrogen and oxygen atoms in total. The number of aryl methyl sites for hydroxylation is 1. The standard InChI is InChI=1S/C28H24Cl2F2N4O2/c1-4-8-35-26(18-6-5-7-19(25(18)32)27(37)33-3)23(31)14-36-15(2)9-22(24(30)28(36)38)21-11-20(21)16-10-17(29)13-34-12-16/h4-10,12-14,20-21H,11H2,1-3H3,(H,33,37)/b8-4+,23-14-,35-26+. The highest BCUT2D eigenvalue weighted by atomic mass is 35.5. The van der Waals surface area contributed by atoms with E-state index in [0.29, 0.717) is 16.3 Å².